The number of aromatic nitrogens is 2. The third-order valence-corrected chi connectivity index (χ3v) is 7.12. The topological polar surface area (TPSA) is 38.2 Å². The van der Waals surface area contributed by atoms with Gasteiger partial charge in [0.05, 0.1) is 28.5 Å². The molecule has 8 rings (SSSR count). The molecule has 0 saturated carbocycles. The number of para-hydroxylation sites is 4. The third kappa shape index (κ3) is 1.89. The zero-order valence-corrected chi connectivity index (χ0v) is 17.6. The average Bonchev–Trinajstić information content (AvgIpc) is 3.18. The first-order valence-electron chi connectivity index (χ1n) is 11.1. The highest BCUT2D eigenvalue weighted by molar-refractivity contribution is 5.98. The summed E-state index contributed by atoms with van der Waals surface area (Å²) in [6, 6.07) is 31.6. The lowest BCUT2D eigenvalue weighted by Gasteiger charge is -2.45. The van der Waals surface area contributed by atoms with E-state index in [1.165, 1.54) is 5.56 Å². The van der Waals surface area contributed by atoms with Gasteiger partial charge in [-0.3, -0.25) is 9.97 Å². The molecule has 0 N–H and O–H groups in total. The van der Waals surface area contributed by atoms with E-state index in [2.05, 4.69) is 71.6 Å². The molecular weight excluding hydrogens is 406 g/mol. The maximum absolute atomic E-state index is 6.44. The summed E-state index contributed by atoms with van der Waals surface area (Å²) in [5.74, 6) is 1.71. The van der Waals surface area contributed by atoms with Gasteiger partial charge in [-0.2, -0.15) is 0 Å². The Hall–Kier alpha value is -4.44. The summed E-state index contributed by atoms with van der Waals surface area (Å²) in [7, 11) is 0. The van der Waals surface area contributed by atoms with Crippen LogP contribution in [-0.4, -0.2) is 9.97 Å². The van der Waals surface area contributed by atoms with E-state index in [1.54, 1.807) is 0 Å². The number of benzene rings is 3. The number of fused-ring (bicyclic) bond motifs is 11. The second-order valence-electron chi connectivity index (χ2n) is 8.62. The first kappa shape index (κ1) is 17.2. The van der Waals surface area contributed by atoms with Gasteiger partial charge in [-0.25, -0.2) is 0 Å². The van der Waals surface area contributed by atoms with Gasteiger partial charge in [-0.05, 0) is 42.0 Å². The molecule has 0 unspecified atom stereocenters. The normalized spacial score (nSPS) is 15.1. The summed E-state index contributed by atoms with van der Waals surface area (Å²) >= 11 is 0. The Labute approximate surface area is 190 Å². The first-order chi connectivity index (χ1) is 16.4. The van der Waals surface area contributed by atoms with Crippen molar-refractivity contribution in [2.45, 2.75) is 5.41 Å². The maximum atomic E-state index is 6.44. The monoisotopic (exact) mass is 423 g/mol. The lowest BCUT2D eigenvalue weighted by molar-refractivity contribution is 0.473. The molecule has 1 spiro atoms. The molecule has 0 atom stereocenters. The Morgan fingerprint density at radius 2 is 1.21 bits per heavy atom. The van der Waals surface area contributed by atoms with Gasteiger partial charge in [0.15, 0.2) is 11.5 Å². The van der Waals surface area contributed by atoms with Gasteiger partial charge in [0.25, 0.3) is 0 Å². The van der Waals surface area contributed by atoms with Gasteiger partial charge in [-0.15, -0.1) is 0 Å². The molecule has 3 aromatic carbocycles. The molecule has 3 aliphatic rings. The third-order valence-electron chi connectivity index (χ3n) is 7.12. The van der Waals surface area contributed by atoms with E-state index in [-0.39, 0.29) is 0 Å². The molecule has 154 valence electrons. The number of ether oxygens (including phenoxy) is 1. The van der Waals surface area contributed by atoms with E-state index in [0.29, 0.717) is 0 Å². The standard InChI is InChI=1S/C29H17N3O/c1-2-12-22-20(10-1)29(27-18(8-6-16-30-27)19-9-7-17-31-28(19)29)21-11-5-15-25-26(21)32(22)23-13-3-4-14-24(23)33-25/h1-17H. The Morgan fingerprint density at radius 3 is 2.00 bits per heavy atom. The van der Waals surface area contributed by atoms with E-state index in [4.69, 9.17) is 14.7 Å². The van der Waals surface area contributed by atoms with Crippen LogP contribution in [0.4, 0.5) is 17.1 Å². The summed E-state index contributed by atoms with van der Waals surface area (Å²) in [6.45, 7) is 0. The minimum Gasteiger partial charge on any atom is -0.453 e. The lowest BCUT2D eigenvalue weighted by Crippen LogP contribution is -2.38. The molecule has 2 aromatic heterocycles. The number of hydrogen-bond acceptors (Lipinski definition) is 4. The predicted octanol–water partition coefficient (Wildman–Crippen LogP) is 6.73. The highest BCUT2D eigenvalue weighted by Gasteiger charge is 2.55. The second-order valence-corrected chi connectivity index (χ2v) is 8.62. The highest BCUT2D eigenvalue weighted by Crippen LogP contribution is 2.65. The molecule has 4 heterocycles. The van der Waals surface area contributed by atoms with Crippen LogP contribution in [0.15, 0.2) is 103 Å². The van der Waals surface area contributed by atoms with Crippen LogP contribution in [0.1, 0.15) is 22.5 Å². The summed E-state index contributed by atoms with van der Waals surface area (Å²) in [5, 5.41) is 0. The van der Waals surface area contributed by atoms with Crippen molar-refractivity contribution in [1.82, 2.24) is 9.97 Å². The van der Waals surface area contributed by atoms with Gasteiger partial charge in [0.2, 0.25) is 0 Å². The van der Waals surface area contributed by atoms with Crippen LogP contribution in [0.5, 0.6) is 11.5 Å². The van der Waals surface area contributed by atoms with Crippen LogP contribution < -0.4 is 9.64 Å². The Morgan fingerprint density at radius 1 is 0.576 bits per heavy atom. The summed E-state index contributed by atoms with van der Waals surface area (Å²) in [5.41, 5.74) is 9.28. The predicted molar refractivity (Wildman–Crippen MR) is 128 cm³/mol. The zero-order chi connectivity index (χ0) is 21.6. The van der Waals surface area contributed by atoms with Crippen LogP contribution in [0.25, 0.3) is 11.1 Å². The molecule has 33 heavy (non-hydrogen) atoms. The minimum absolute atomic E-state index is 0.610. The number of hydrogen-bond donors (Lipinski definition) is 0. The molecule has 0 radical (unpaired) electrons. The van der Waals surface area contributed by atoms with Gasteiger partial charge in [0.1, 0.15) is 5.41 Å². The molecule has 1 aliphatic carbocycles. The van der Waals surface area contributed by atoms with Gasteiger partial charge < -0.3 is 9.64 Å². The largest absolute Gasteiger partial charge is 0.453 e. The van der Waals surface area contributed by atoms with E-state index < -0.39 is 5.41 Å². The molecule has 5 aromatic rings. The molecule has 2 aliphatic heterocycles. The minimum atomic E-state index is -0.610. The molecule has 0 saturated heterocycles. The maximum Gasteiger partial charge on any atom is 0.151 e. The first-order valence-corrected chi connectivity index (χ1v) is 11.1. The van der Waals surface area contributed by atoms with E-state index in [9.17, 15) is 0 Å². The van der Waals surface area contributed by atoms with E-state index in [0.717, 1.165) is 56.6 Å². The van der Waals surface area contributed by atoms with Crippen molar-refractivity contribution < 1.29 is 4.74 Å². The average molecular weight is 423 g/mol. The van der Waals surface area contributed by atoms with Gasteiger partial charge >= 0.3 is 0 Å². The smallest absolute Gasteiger partial charge is 0.151 e. The van der Waals surface area contributed by atoms with Gasteiger partial charge in [-0.1, -0.05) is 54.6 Å². The SMILES string of the molecule is c1ccc2c(c1)Oc1cccc3c1N2c1ccccc1C31c2ncccc2-c2cccnc21. The molecule has 4 heteroatoms. The Kier molecular flexibility index (Phi) is 3.05. The number of anilines is 3. The molecule has 4 nitrogen and oxygen atoms in total. The van der Waals surface area contributed by atoms with Crippen molar-refractivity contribution in [2.24, 2.45) is 0 Å². The van der Waals surface area contributed by atoms with Crippen molar-refractivity contribution in [3.63, 3.8) is 0 Å². The van der Waals surface area contributed by atoms with Crippen LogP contribution in [0.3, 0.4) is 0 Å². The van der Waals surface area contributed by atoms with E-state index in [1.807, 2.05) is 36.7 Å². The van der Waals surface area contributed by atoms with Crippen molar-refractivity contribution >= 4 is 17.1 Å². The summed E-state index contributed by atoms with van der Waals surface area (Å²) in [6.07, 6.45) is 3.78. The summed E-state index contributed by atoms with van der Waals surface area (Å²) < 4.78 is 6.44. The molecular formula is C29H17N3O. The Bertz CT molecular complexity index is 1580. The van der Waals surface area contributed by atoms with Crippen LogP contribution in [0.2, 0.25) is 0 Å². The molecule has 0 fully saturated rings. The van der Waals surface area contributed by atoms with Crippen molar-refractivity contribution in [2.75, 3.05) is 4.90 Å². The highest BCUT2D eigenvalue weighted by atomic mass is 16.5. The fraction of sp³-hybridized carbons (Fsp3) is 0.0345. The Balaban J connectivity index is 1.59. The number of rotatable bonds is 0. The number of nitrogens with zero attached hydrogens (tertiary/aromatic N) is 3. The molecule has 0 bridgehead atoms. The second kappa shape index (κ2) is 5.87. The van der Waals surface area contributed by atoms with Crippen molar-refractivity contribution in [3.05, 3.63) is 126 Å². The van der Waals surface area contributed by atoms with Crippen LogP contribution in [0, 0.1) is 0 Å². The summed E-state index contributed by atoms with van der Waals surface area (Å²) in [4.78, 5) is 12.3. The van der Waals surface area contributed by atoms with Gasteiger partial charge in [0, 0.05) is 29.1 Å². The van der Waals surface area contributed by atoms with Crippen molar-refractivity contribution in [3.8, 4) is 22.6 Å². The quantitative estimate of drug-likeness (QED) is 0.271. The zero-order valence-electron chi connectivity index (χ0n) is 17.6. The fourth-order valence-electron chi connectivity index (χ4n) is 5.95. The van der Waals surface area contributed by atoms with E-state index >= 15 is 0 Å². The van der Waals surface area contributed by atoms with Crippen molar-refractivity contribution in [1.29, 1.82) is 0 Å². The lowest BCUT2D eigenvalue weighted by atomic mass is 9.67. The van der Waals surface area contributed by atoms with Crippen LogP contribution >= 0.6 is 0 Å². The number of pyridine rings is 2. The van der Waals surface area contributed by atoms with Crippen LogP contribution in [-0.2, 0) is 5.41 Å². The molecule has 0 amide bonds. The fourth-order valence-corrected chi connectivity index (χ4v) is 5.95.